The first-order chi connectivity index (χ1) is 9.20. The highest BCUT2D eigenvalue weighted by Gasteiger charge is 2.30. The van der Waals surface area contributed by atoms with Crippen LogP contribution in [0.3, 0.4) is 0 Å². The molecule has 0 saturated carbocycles. The summed E-state index contributed by atoms with van der Waals surface area (Å²) in [7, 11) is 2.20. The number of rotatable bonds is 2. The quantitative estimate of drug-likeness (QED) is 0.868. The third-order valence-electron chi connectivity index (χ3n) is 4.55. The summed E-state index contributed by atoms with van der Waals surface area (Å²) in [4.78, 5) is 5.93. The Morgan fingerprint density at radius 3 is 2.95 bits per heavy atom. The van der Waals surface area contributed by atoms with Crippen LogP contribution in [0.15, 0.2) is 24.3 Å². The van der Waals surface area contributed by atoms with Gasteiger partial charge < -0.3 is 15.6 Å². The van der Waals surface area contributed by atoms with E-state index in [1.54, 1.807) is 0 Å². The number of hydrogen-bond acceptors (Lipinski definition) is 2. The molecule has 1 aromatic carbocycles. The first-order valence-corrected chi connectivity index (χ1v) is 7.16. The molecule has 19 heavy (non-hydrogen) atoms. The van der Waals surface area contributed by atoms with E-state index in [0.717, 1.165) is 13.1 Å². The van der Waals surface area contributed by atoms with Crippen LogP contribution in [0.5, 0.6) is 0 Å². The van der Waals surface area contributed by atoms with Crippen molar-refractivity contribution in [2.24, 2.45) is 11.7 Å². The lowest BCUT2D eigenvalue weighted by Gasteiger charge is -2.36. The third-order valence-corrected chi connectivity index (χ3v) is 4.55. The van der Waals surface area contributed by atoms with Gasteiger partial charge in [-0.15, -0.1) is 0 Å². The van der Waals surface area contributed by atoms with Crippen LogP contribution >= 0.6 is 0 Å². The highest BCUT2D eigenvalue weighted by atomic mass is 15.1. The minimum Gasteiger partial charge on any atom is -0.358 e. The van der Waals surface area contributed by atoms with Gasteiger partial charge in [0.1, 0.15) is 0 Å². The molecular formula is C16H23N3. The molecule has 1 saturated heterocycles. The summed E-state index contributed by atoms with van der Waals surface area (Å²) in [5.74, 6) is 1.16. The number of nitrogens with zero attached hydrogens (tertiary/aromatic N) is 1. The van der Waals surface area contributed by atoms with Gasteiger partial charge in [-0.1, -0.05) is 18.2 Å². The lowest BCUT2D eigenvalue weighted by Crippen LogP contribution is -2.40. The molecule has 1 aliphatic heterocycles. The fraction of sp³-hybridized carbons (Fsp3) is 0.500. The number of hydrogen-bond donors (Lipinski definition) is 2. The average Bonchev–Trinajstić information content (AvgIpc) is 2.74. The fourth-order valence-electron chi connectivity index (χ4n) is 3.61. The largest absolute Gasteiger partial charge is 0.358 e. The van der Waals surface area contributed by atoms with Crippen LogP contribution < -0.4 is 5.73 Å². The molecule has 1 aromatic heterocycles. The van der Waals surface area contributed by atoms with Crippen LogP contribution in [0.2, 0.25) is 0 Å². The van der Waals surface area contributed by atoms with Gasteiger partial charge in [-0.3, -0.25) is 0 Å². The van der Waals surface area contributed by atoms with Gasteiger partial charge in [-0.25, -0.2) is 0 Å². The second-order valence-corrected chi connectivity index (χ2v) is 5.86. The molecule has 3 rings (SSSR count). The Morgan fingerprint density at radius 1 is 1.37 bits per heavy atom. The van der Waals surface area contributed by atoms with E-state index in [9.17, 15) is 0 Å². The van der Waals surface area contributed by atoms with Crippen molar-refractivity contribution in [3.63, 3.8) is 0 Å². The van der Waals surface area contributed by atoms with E-state index in [-0.39, 0.29) is 0 Å². The normalized spacial score (nSPS) is 25.0. The molecule has 1 fully saturated rings. The molecule has 3 nitrogen and oxygen atoms in total. The van der Waals surface area contributed by atoms with Gasteiger partial charge in [-0.2, -0.15) is 0 Å². The van der Waals surface area contributed by atoms with Gasteiger partial charge >= 0.3 is 0 Å². The maximum absolute atomic E-state index is 6.02. The highest BCUT2D eigenvalue weighted by molar-refractivity contribution is 5.85. The SMILES string of the molecule is Cc1[nH]c2ccccc2c1C1CCN(C)CC1CN. The van der Waals surface area contributed by atoms with Crippen molar-refractivity contribution in [2.75, 3.05) is 26.7 Å². The van der Waals surface area contributed by atoms with E-state index in [1.165, 1.54) is 35.1 Å². The number of aromatic amines is 1. The summed E-state index contributed by atoms with van der Waals surface area (Å²) in [6.45, 7) is 5.25. The van der Waals surface area contributed by atoms with E-state index in [4.69, 9.17) is 5.73 Å². The number of aromatic nitrogens is 1. The van der Waals surface area contributed by atoms with Gasteiger partial charge in [0.25, 0.3) is 0 Å². The van der Waals surface area contributed by atoms with E-state index in [2.05, 4.69) is 48.1 Å². The number of para-hydroxylation sites is 1. The monoisotopic (exact) mass is 257 g/mol. The molecule has 0 aliphatic carbocycles. The molecule has 2 heterocycles. The molecule has 0 spiro atoms. The number of likely N-dealkylation sites (tertiary alicyclic amines) is 1. The van der Waals surface area contributed by atoms with Crippen molar-refractivity contribution in [3.8, 4) is 0 Å². The molecule has 0 amide bonds. The Labute approximate surface area is 114 Å². The Morgan fingerprint density at radius 2 is 2.16 bits per heavy atom. The zero-order valence-electron chi connectivity index (χ0n) is 11.8. The number of piperidine rings is 1. The van der Waals surface area contributed by atoms with Crippen molar-refractivity contribution in [1.82, 2.24) is 9.88 Å². The number of benzene rings is 1. The molecular weight excluding hydrogens is 234 g/mol. The standard InChI is InChI=1S/C16H23N3/c1-11-16(14-5-3-4-6-15(14)18-11)13-7-8-19(2)10-12(13)9-17/h3-6,12-13,18H,7-10,17H2,1-2H3. The predicted molar refractivity (Wildman–Crippen MR) is 80.4 cm³/mol. The maximum atomic E-state index is 6.02. The summed E-state index contributed by atoms with van der Waals surface area (Å²) < 4.78 is 0. The van der Waals surface area contributed by atoms with Crippen LogP contribution in [-0.4, -0.2) is 36.6 Å². The lowest BCUT2D eigenvalue weighted by molar-refractivity contribution is 0.188. The molecule has 2 aromatic rings. The van der Waals surface area contributed by atoms with Gasteiger partial charge in [0.15, 0.2) is 0 Å². The molecule has 2 unspecified atom stereocenters. The van der Waals surface area contributed by atoms with Crippen LogP contribution in [0.1, 0.15) is 23.6 Å². The zero-order chi connectivity index (χ0) is 13.4. The molecule has 1 aliphatic rings. The number of nitrogens with two attached hydrogens (primary N) is 1. The lowest BCUT2D eigenvalue weighted by atomic mass is 9.79. The number of H-pyrrole nitrogens is 1. The van der Waals surface area contributed by atoms with E-state index in [0.29, 0.717) is 11.8 Å². The number of nitrogens with one attached hydrogen (secondary N) is 1. The van der Waals surface area contributed by atoms with Gasteiger partial charge in [0.2, 0.25) is 0 Å². The van der Waals surface area contributed by atoms with Gasteiger partial charge in [0.05, 0.1) is 0 Å². The summed E-state index contributed by atoms with van der Waals surface area (Å²) in [6.07, 6.45) is 1.21. The van der Waals surface area contributed by atoms with E-state index < -0.39 is 0 Å². The Kier molecular flexibility index (Phi) is 3.33. The van der Waals surface area contributed by atoms with Gasteiger partial charge in [0, 0.05) is 23.1 Å². The molecule has 0 radical (unpaired) electrons. The Balaban J connectivity index is 2.05. The predicted octanol–water partition coefficient (Wildman–Crippen LogP) is 2.47. The van der Waals surface area contributed by atoms with E-state index in [1.807, 2.05) is 0 Å². The first-order valence-electron chi connectivity index (χ1n) is 7.16. The second-order valence-electron chi connectivity index (χ2n) is 5.86. The number of aryl methyl sites for hydroxylation is 1. The summed E-state index contributed by atoms with van der Waals surface area (Å²) in [6, 6.07) is 8.63. The smallest absolute Gasteiger partial charge is 0.0458 e. The van der Waals surface area contributed by atoms with E-state index >= 15 is 0 Å². The maximum Gasteiger partial charge on any atom is 0.0458 e. The Hall–Kier alpha value is -1.32. The molecule has 3 heteroatoms. The summed E-state index contributed by atoms with van der Waals surface area (Å²) >= 11 is 0. The zero-order valence-corrected chi connectivity index (χ0v) is 11.8. The van der Waals surface area contributed by atoms with Crippen LogP contribution in [0.25, 0.3) is 10.9 Å². The van der Waals surface area contributed by atoms with Crippen molar-refractivity contribution >= 4 is 10.9 Å². The minimum atomic E-state index is 0.566. The minimum absolute atomic E-state index is 0.566. The second kappa shape index (κ2) is 4.99. The number of fused-ring (bicyclic) bond motifs is 1. The fourth-order valence-corrected chi connectivity index (χ4v) is 3.61. The molecule has 0 bridgehead atoms. The summed E-state index contributed by atoms with van der Waals surface area (Å²) in [5, 5.41) is 1.38. The van der Waals surface area contributed by atoms with Crippen molar-refractivity contribution in [2.45, 2.75) is 19.3 Å². The average molecular weight is 257 g/mol. The summed E-state index contributed by atoms with van der Waals surface area (Å²) in [5.41, 5.74) is 10.1. The molecule has 2 atom stereocenters. The van der Waals surface area contributed by atoms with Crippen molar-refractivity contribution < 1.29 is 0 Å². The van der Waals surface area contributed by atoms with Crippen molar-refractivity contribution in [1.29, 1.82) is 0 Å². The van der Waals surface area contributed by atoms with Gasteiger partial charge in [-0.05, 0) is 56.9 Å². The van der Waals surface area contributed by atoms with Crippen LogP contribution in [0.4, 0.5) is 0 Å². The van der Waals surface area contributed by atoms with Crippen LogP contribution in [0, 0.1) is 12.8 Å². The topological polar surface area (TPSA) is 45.0 Å². The van der Waals surface area contributed by atoms with Crippen molar-refractivity contribution in [3.05, 3.63) is 35.5 Å². The first kappa shape index (κ1) is 12.7. The highest BCUT2D eigenvalue weighted by Crippen LogP contribution is 2.38. The van der Waals surface area contributed by atoms with Crippen LogP contribution in [-0.2, 0) is 0 Å². The molecule has 3 N–H and O–H groups in total. The molecule has 102 valence electrons. The third kappa shape index (κ3) is 2.17. The Bertz CT molecular complexity index is 572.